The lowest BCUT2D eigenvalue weighted by Gasteiger charge is -2.27. The first kappa shape index (κ1) is 22.7. The first-order valence-corrected chi connectivity index (χ1v) is 9.32. The highest BCUT2D eigenvalue weighted by Crippen LogP contribution is 2.24. The number of ether oxygens (including phenoxy) is 1. The molecule has 0 unspecified atom stereocenters. The second-order valence-corrected chi connectivity index (χ2v) is 7.67. The Morgan fingerprint density at radius 2 is 1.92 bits per heavy atom. The second-order valence-electron chi connectivity index (χ2n) is 6.47. The number of hydrogen-bond donors (Lipinski definition) is 2. The smallest absolute Gasteiger partial charge is 0.191 e. The Kier molecular flexibility index (Phi) is 9.35. The number of rotatable bonds is 7. The quantitative estimate of drug-likeness (QED) is 0.352. The number of halogens is 1. The van der Waals surface area contributed by atoms with Crippen molar-refractivity contribution < 1.29 is 4.74 Å². The molecule has 0 radical (unpaired) electrons. The molecule has 144 valence electrons. The fraction of sp³-hybridized carbons (Fsp3) is 0.474. The largest absolute Gasteiger partial charge is 0.497 e. The van der Waals surface area contributed by atoms with E-state index < -0.39 is 0 Å². The van der Waals surface area contributed by atoms with Crippen molar-refractivity contribution in [2.24, 2.45) is 4.99 Å². The zero-order valence-corrected chi connectivity index (χ0v) is 19.3. The van der Waals surface area contributed by atoms with Crippen LogP contribution in [0.3, 0.4) is 0 Å². The van der Waals surface area contributed by atoms with E-state index in [-0.39, 0.29) is 29.4 Å². The molecule has 5 nitrogen and oxygen atoms in total. The van der Waals surface area contributed by atoms with Crippen molar-refractivity contribution >= 4 is 41.3 Å². The van der Waals surface area contributed by atoms with Gasteiger partial charge in [0.05, 0.1) is 13.7 Å². The Labute approximate surface area is 177 Å². The van der Waals surface area contributed by atoms with Crippen LogP contribution in [0.15, 0.2) is 35.5 Å². The van der Waals surface area contributed by atoms with Crippen molar-refractivity contribution in [1.29, 1.82) is 0 Å². The molecule has 0 saturated heterocycles. The number of aliphatic imine (C=N–C) groups is 1. The van der Waals surface area contributed by atoms with Crippen molar-refractivity contribution in [1.82, 2.24) is 15.6 Å². The second kappa shape index (κ2) is 10.7. The molecule has 26 heavy (non-hydrogen) atoms. The summed E-state index contributed by atoms with van der Waals surface area (Å²) in [7, 11) is 3.47. The highest BCUT2D eigenvalue weighted by Gasteiger charge is 2.21. The van der Waals surface area contributed by atoms with E-state index in [1.807, 2.05) is 18.3 Å². The molecule has 0 aliphatic heterocycles. The van der Waals surface area contributed by atoms with Gasteiger partial charge in [-0.1, -0.05) is 32.9 Å². The van der Waals surface area contributed by atoms with Crippen molar-refractivity contribution in [2.45, 2.75) is 39.2 Å². The van der Waals surface area contributed by atoms with Crippen LogP contribution in [-0.4, -0.2) is 31.6 Å². The molecule has 0 atom stereocenters. The maximum Gasteiger partial charge on any atom is 0.191 e. The maximum absolute atomic E-state index is 5.23. The third-order valence-electron chi connectivity index (χ3n) is 4.15. The Balaban J connectivity index is 0.00000338. The number of guanidine groups is 1. The van der Waals surface area contributed by atoms with Gasteiger partial charge in [0.2, 0.25) is 0 Å². The van der Waals surface area contributed by atoms with Crippen LogP contribution >= 0.6 is 35.3 Å². The molecule has 7 heteroatoms. The number of thiazole rings is 1. The monoisotopic (exact) mass is 488 g/mol. The standard InChI is InChI=1S/C19H28N4OS.HI/c1-6-16-11-21-17(25-16)12-22-18(20-4)23-13-19(2,3)14-7-9-15(24-5)10-8-14;/h7-11H,6,12-13H2,1-5H3,(H2,20,22,23);1H. The van der Waals surface area contributed by atoms with Crippen LogP contribution in [0.4, 0.5) is 0 Å². The summed E-state index contributed by atoms with van der Waals surface area (Å²) in [5.74, 6) is 1.66. The fourth-order valence-electron chi connectivity index (χ4n) is 2.42. The van der Waals surface area contributed by atoms with Gasteiger partial charge < -0.3 is 15.4 Å². The van der Waals surface area contributed by atoms with Crippen LogP contribution < -0.4 is 15.4 Å². The van der Waals surface area contributed by atoms with E-state index in [1.54, 1.807) is 25.5 Å². The minimum absolute atomic E-state index is 0. The van der Waals surface area contributed by atoms with E-state index in [0.29, 0.717) is 6.54 Å². The van der Waals surface area contributed by atoms with Crippen LogP contribution in [0.2, 0.25) is 0 Å². The summed E-state index contributed by atoms with van der Waals surface area (Å²) in [4.78, 5) is 10.0. The van der Waals surface area contributed by atoms with Crippen molar-refractivity contribution in [3.63, 3.8) is 0 Å². The molecule has 0 aliphatic carbocycles. The summed E-state index contributed by atoms with van der Waals surface area (Å²) in [5, 5.41) is 7.82. The normalized spacial score (nSPS) is 11.7. The van der Waals surface area contributed by atoms with E-state index in [9.17, 15) is 0 Å². The highest BCUT2D eigenvalue weighted by atomic mass is 127. The average Bonchev–Trinajstić information content (AvgIpc) is 3.10. The molecule has 1 aromatic heterocycles. The lowest BCUT2D eigenvalue weighted by molar-refractivity contribution is 0.414. The Morgan fingerprint density at radius 1 is 1.23 bits per heavy atom. The average molecular weight is 488 g/mol. The van der Waals surface area contributed by atoms with Crippen LogP contribution in [0.5, 0.6) is 5.75 Å². The van der Waals surface area contributed by atoms with Gasteiger partial charge in [-0.2, -0.15) is 0 Å². The Morgan fingerprint density at radius 3 is 2.46 bits per heavy atom. The van der Waals surface area contributed by atoms with Gasteiger partial charge in [-0.15, -0.1) is 35.3 Å². The Bertz CT molecular complexity index is 698. The SMILES string of the molecule is CCc1cnc(CNC(=NC)NCC(C)(C)c2ccc(OC)cc2)s1.I. The fourth-order valence-corrected chi connectivity index (χ4v) is 3.22. The van der Waals surface area contributed by atoms with Gasteiger partial charge in [-0.3, -0.25) is 4.99 Å². The maximum atomic E-state index is 5.23. The molecule has 2 N–H and O–H groups in total. The number of aromatic nitrogens is 1. The van der Waals surface area contributed by atoms with Gasteiger partial charge in [0.25, 0.3) is 0 Å². The van der Waals surface area contributed by atoms with Gasteiger partial charge in [0.15, 0.2) is 5.96 Å². The van der Waals surface area contributed by atoms with E-state index in [4.69, 9.17) is 4.74 Å². The highest BCUT2D eigenvalue weighted by molar-refractivity contribution is 14.0. The number of nitrogens with one attached hydrogen (secondary N) is 2. The number of benzene rings is 1. The van der Waals surface area contributed by atoms with Crippen molar-refractivity contribution in [2.75, 3.05) is 20.7 Å². The molecule has 1 aromatic carbocycles. The van der Waals surface area contributed by atoms with E-state index in [2.05, 4.69) is 53.5 Å². The number of nitrogens with zero attached hydrogens (tertiary/aromatic N) is 2. The predicted molar refractivity (Wildman–Crippen MR) is 121 cm³/mol. The molecular formula is C19H29IN4OS. The predicted octanol–water partition coefficient (Wildman–Crippen LogP) is 3.97. The molecule has 0 saturated carbocycles. The summed E-state index contributed by atoms with van der Waals surface area (Å²) in [6.07, 6.45) is 2.98. The lowest BCUT2D eigenvalue weighted by Crippen LogP contribution is -2.43. The third-order valence-corrected chi connectivity index (χ3v) is 5.29. The number of methoxy groups -OCH3 is 1. The summed E-state index contributed by atoms with van der Waals surface area (Å²) < 4.78 is 5.23. The molecule has 0 bridgehead atoms. The minimum Gasteiger partial charge on any atom is -0.497 e. The summed E-state index contributed by atoms with van der Waals surface area (Å²) >= 11 is 1.74. The van der Waals surface area contributed by atoms with Gasteiger partial charge in [0, 0.05) is 30.1 Å². The number of aryl methyl sites for hydroxylation is 1. The summed E-state index contributed by atoms with van der Waals surface area (Å²) in [6, 6.07) is 8.22. The molecule has 0 amide bonds. The minimum atomic E-state index is -0.0273. The van der Waals surface area contributed by atoms with Gasteiger partial charge >= 0.3 is 0 Å². The van der Waals surface area contributed by atoms with Crippen LogP contribution in [0.1, 0.15) is 36.2 Å². The molecule has 2 aromatic rings. The molecular weight excluding hydrogens is 459 g/mol. The number of hydrogen-bond acceptors (Lipinski definition) is 4. The first-order valence-electron chi connectivity index (χ1n) is 8.51. The molecule has 0 aliphatic rings. The zero-order chi connectivity index (χ0) is 18.3. The van der Waals surface area contributed by atoms with Crippen LogP contribution in [0, 0.1) is 0 Å². The van der Waals surface area contributed by atoms with E-state index in [1.165, 1.54) is 10.4 Å². The van der Waals surface area contributed by atoms with Crippen LogP contribution in [-0.2, 0) is 18.4 Å². The topological polar surface area (TPSA) is 58.5 Å². The van der Waals surface area contributed by atoms with Gasteiger partial charge in [-0.05, 0) is 24.1 Å². The molecule has 0 fully saturated rings. The molecule has 1 heterocycles. The van der Waals surface area contributed by atoms with E-state index >= 15 is 0 Å². The first-order chi connectivity index (χ1) is 12.0. The van der Waals surface area contributed by atoms with Crippen molar-refractivity contribution in [3.05, 3.63) is 45.9 Å². The summed E-state index contributed by atoms with van der Waals surface area (Å²) in [6.45, 7) is 8.03. The van der Waals surface area contributed by atoms with Gasteiger partial charge in [-0.25, -0.2) is 4.98 Å². The lowest BCUT2D eigenvalue weighted by atomic mass is 9.84. The Hall–Kier alpha value is -1.35. The van der Waals surface area contributed by atoms with Crippen LogP contribution in [0.25, 0.3) is 0 Å². The molecule has 2 rings (SSSR count). The molecule has 0 spiro atoms. The zero-order valence-electron chi connectivity index (χ0n) is 16.1. The summed E-state index contributed by atoms with van der Waals surface area (Å²) in [5.41, 5.74) is 1.23. The van der Waals surface area contributed by atoms with Gasteiger partial charge in [0.1, 0.15) is 10.8 Å². The van der Waals surface area contributed by atoms with Crippen molar-refractivity contribution in [3.8, 4) is 5.75 Å². The third kappa shape index (κ3) is 6.42. The van der Waals surface area contributed by atoms with E-state index in [0.717, 1.165) is 29.7 Å².